The predicted molar refractivity (Wildman–Crippen MR) is 111 cm³/mol. The molecule has 154 valence electrons. The maximum Gasteiger partial charge on any atom is 0.257 e. The first-order chi connectivity index (χ1) is 14.2. The van der Waals surface area contributed by atoms with Gasteiger partial charge in [-0.3, -0.25) is 4.79 Å². The second-order valence-electron chi connectivity index (χ2n) is 7.29. The van der Waals surface area contributed by atoms with E-state index in [4.69, 9.17) is 9.47 Å². The second-order valence-corrected chi connectivity index (χ2v) is 7.29. The minimum atomic E-state index is -0.0231. The second kappa shape index (κ2) is 9.09. The molecule has 2 fully saturated rings. The first-order valence-electron chi connectivity index (χ1n) is 10.1. The van der Waals surface area contributed by atoms with E-state index in [2.05, 4.69) is 20.2 Å². The summed E-state index contributed by atoms with van der Waals surface area (Å²) in [5.41, 5.74) is 1.66. The predicted octanol–water partition coefficient (Wildman–Crippen LogP) is 2.04. The van der Waals surface area contributed by atoms with Crippen LogP contribution in [-0.4, -0.2) is 73.3 Å². The first-order valence-corrected chi connectivity index (χ1v) is 10.1. The van der Waals surface area contributed by atoms with Gasteiger partial charge in [0.25, 0.3) is 5.91 Å². The van der Waals surface area contributed by atoms with Crippen molar-refractivity contribution < 1.29 is 14.3 Å². The minimum absolute atomic E-state index is 0.0231. The zero-order valence-electron chi connectivity index (χ0n) is 16.7. The van der Waals surface area contributed by atoms with E-state index in [1.807, 2.05) is 29.2 Å². The molecule has 8 heteroatoms. The maximum atomic E-state index is 12.8. The van der Waals surface area contributed by atoms with Gasteiger partial charge in [0, 0.05) is 57.4 Å². The first kappa shape index (κ1) is 19.4. The molecule has 2 aliphatic rings. The van der Waals surface area contributed by atoms with Gasteiger partial charge in [-0.15, -0.1) is 0 Å². The van der Waals surface area contributed by atoms with Gasteiger partial charge in [0.1, 0.15) is 5.75 Å². The number of ether oxygens (including phenoxy) is 2. The Morgan fingerprint density at radius 1 is 1.17 bits per heavy atom. The Kier molecular flexibility index (Phi) is 6.09. The van der Waals surface area contributed by atoms with Crippen molar-refractivity contribution in [2.24, 2.45) is 0 Å². The average Bonchev–Trinajstić information content (AvgIpc) is 3.31. The normalized spacial score (nSPS) is 19.3. The van der Waals surface area contributed by atoms with E-state index < -0.39 is 0 Å². The molecule has 29 heavy (non-hydrogen) atoms. The Hall–Kier alpha value is -2.87. The molecule has 1 atom stereocenters. The number of rotatable bonds is 6. The highest BCUT2D eigenvalue weighted by Gasteiger charge is 2.23. The van der Waals surface area contributed by atoms with Crippen LogP contribution in [0.4, 0.5) is 11.6 Å². The number of methoxy groups -OCH3 is 1. The summed E-state index contributed by atoms with van der Waals surface area (Å²) < 4.78 is 10.8. The van der Waals surface area contributed by atoms with Crippen LogP contribution in [0.3, 0.4) is 0 Å². The van der Waals surface area contributed by atoms with Crippen LogP contribution >= 0.6 is 0 Å². The summed E-state index contributed by atoms with van der Waals surface area (Å²) in [5.74, 6) is 1.35. The molecule has 0 aliphatic carbocycles. The van der Waals surface area contributed by atoms with Crippen molar-refractivity contribution in [1.29, 1.82) is 0 Å². The number of hydrogen-bond donors (Lipinski definition) is 1. The lowest BCUT2D eigenvalue weighted by atomic mass is 10.2. The molecule has 1 amide bonds. The third kappa shape index (κ3) is 4.76. The summed E-state index contributed by atoms with van der Waals surface area (Å²) in [7, 11) is 1.66. The quantitative estimate of drug-likeness (QED) is 0.799. The van der Waals surface area contributed by atoms with E-state index in [1.54, 1.807) is 19.5 Å². The highest BCUT2D eigenvalue weighted by Crippen LogP contribution is 2.21. The molecule has 0 saturated carbocycles. The van der Waals surface area contributed by atoms with Crippen LogP contribution in [-0.2, 0) is 4.74 Å². The zero-order valence-corrected chi connectivity index (χ0v) is 16.7. The van der Waals surface area contributed by atoms with Crippen molar-refractivity contribution in [2.45, 2.75) is 18.9 Å². The number of carbonyl (C=O) groups is 1. The number of aromatic nitrogens is 2. The van der Waals surface area contributed by atoms with Gasteiger partial charge in [0.15, 0.2) is 0 Å². The zero-order chi connectivity index (χ0) is 20.1. The van der Waals surface area contributed by atoms with Gasteiger partial charge in [-0.05, 0) is 37.1 Å². The molecular weight excluding hydrogens is 370 g/mol. The number of hydrogen-bond acceptors (Lipinski definition) is 7. The summed E-state index contributed by atoms with van der Waals surface area (Å²) in [6.07, 6.45) is 5.59. The fourth-order valence-corrected chi connectivity index (χ4v) is 3.68. The van der Waals surface area contributed by atoms with E-state index in [1.165, 1.54) is 0 Å². The van der Waals surface area contributed by atoms with Gasteiger partial charge in [0.2, 0.25) is 5.95 Å². The molecule has 2 aliphatic heterocycles. The van der Waals surface area contributed by atoms with E-state index in [0.29, 0.717) is 31.1 Å². The molecular formula is C21H27N5O3. The number of amides is 1. The van der Waals surface area contributed by atoms with E-state index in [0.717, 1.165) is 44.0 Å². The fourth-order valence-electron chi connectivity index (χ4n) is 3.68. The van der Waals surface area contributed by atoms with E-state index >= 15 is 0 Å². The molecule has 1 aromatic carbocycles. The summed E-state index contributed by atoms with van der Waals surface area (Å²) in [6, 6.07) is 8.01. The van der Waals surface area contributed by atoms with Gasteiger partial charge in [-0.25, -0.2) is 9.97 Å². The van der Waals surface area contributed by atoms with Crippen LogP contribution in [0.2, 0.25) is 0 Å². The van der Waals surface area contributed by atoms with Crippen molar-refractivity contribution in [3.8, 4) is 5.75 Å². The van der Waals surface area contributed by atoms with Crippen molar-refractivity contribution in [3.63, 3.8) is 0 Å². The molecule has 1 aromatic heterocycles. The standard InChI is InChI=1S/C21H27N5O3/c1-28-18-6-4-17(5-7-18)25-8-10-26(11-9-25)20(27)16-13-22-21(23-14-16)24-15-19-3-2-12-29-19/h4-7,13-14,19H,2-3,8-12,15H2,1H3,(H,22,23,24). The SMILES string of the molecule is COc1ccc(N2CCN(C(=O)c3cnc(NCC4CCCO4)nc3)CC2)cc1. The van der Waals surface area contributed by atoms with Crippen molar-refractivity contribution in [1.82, 2.24) is 14.9 Å². The maximum absolute atomic E-state index is 12.8. The third-order valence-electron chi connectivity index (χ3n) is 5.42. The summed E-state index contributed by atoms with van der Waals surface area (Å²) in [4.78, 5) is 25.5. The van der Waals surface area contributed by atoms with Crippen molar-refractivity contribution >= 4 is 17.5 Å². The Bertz CT molecular complexity index is 798. The number of benzene rings is 1. The molecule has 1 N–H and O–H groups in total. The van der Waals surface area contributed by atoms with Crippen LogP contribution in [0.5, 0.6) is 5.75 Å². The lowest BCUT2D eigenvalue weighted by Gasteiger charge is -2.36. The topological polar surface area (TPSA) is 79.8 Å². The molecule has 0 spiro atoms. The minimum Gasteiger partial charge on any atom is -0.497 e. The summed E-state index contributed by atoms with van der Waals surface area (Å²) >= 11 is 0. The lowest BCUT2D eigenvalue weighted by molar-refractivity contribution is 0.0746. The van der Waals surface area contributed by atoms with Crippen LogP contribution in [0.15, 0.2) is 36.7 Å². The molecule has 0 radical (unpaired) electrons. The molecule has 1 unspecified atom stereocenters. The average molecular weight is 397 g/mol. The number of carbonyl (C=O) groups excluding carboxylic acids is 1. The van der Waals surface area contributed by atoms with Gasteiger partial charge in [0.05, 0.1) is 18.8 Å². The van der Waals surface area contributed by atoms with Crippen LogP contribution in [0.1, 0.15) is 23.2 Å². The molecule has 4 rings (SSSR count). The Morgan fingerprint density at radius 2 is 1.90 bits per heavy atom. The molecule has 2 aromatic rings. The Morgan fingerprint density at radius 3 is 2.52 bits per heavy atom. The smallest absolute Gasteiger partial charge is 0.257 e. The Balaban J connectivity index is 1.28. The van der Waals surface area contributed by atoms with Crippen molar-refractivity contribution in [2.75, 3.05) is 56.7 Å². The molecule has 0 bridgehead atoms. The van der Waals surface area contributed by atoms with Gasteiger partial charge in [-0.1, -0.05) is 0 Å². The van der Waals surface area contributed by atoms with Crippen molar-refractivity contribution in [3.05, 3.63) is 42.2 Å². The number of piperazine rings is 1. The monoisotopic (exact) mass is 397 g/mol. The highest BCUT2D eigenvalue weighted by molar-refractivity contribution is 5.93. The van der Waals surface area contributed by atoms with Crippen LogP contribution in [0.25, 0.3) is 0 Å². The summed E-state index contributed by atoms with van der Waals surface area (Å²) in [5, 5.41) is 3.18. The van der Waals surface area contributed by atoms with E-state index in [9.17, 15) is 4.79 Å². The number of nitrogens with one attached hydrogen (secondary N) is 1. The number of nitrogens with zero attached hydrogens (tertiary/aromatic N) is 4. The third-order valence-corrected chi connectivity index (χ3v) is 5.42. The van der Waals surface area contributed by atoms with E-state index in [-0.39, 0.29) is 12.0 Å². The van der Waals surface area contributed by atoms with Gasteiger partial charge >= 0.3 is 0 Å². The molecule has 2 saturated heterocycles. The lowest BCUT2D eigenvalue weighted by Crippen LogP contribution is -2.48. The summed E-state index contributed by atoms with van der Waals surface area (Å²) in [6.45, 7) is 4.45. The molecule has 3 heterocycles. The van der Waals surface area contributed by atoms with Gasteiger partial charge in [-0.2, -0.15) is 0 Å². The number of anilines is 2. The molecule has 8 nitrogen and oxygen atoms in total. The van der Waals surface area contributed by atoms with Crippen LogP contribution in [0, 0.1) is 0 Å². The van der Waals surface area contributed by atoms with Crippen LogP contribution < -0.4 is 15.0 Å². The van der Waals surface area contributed by atoms with Gasteiger partial charge < -0.3 is 24.6 Å². The highest BCUT2D eigenvalue weighted by atomic mass is 16.5. The Labute approximate surface area is 170 Å². The largest absolute Gasteiger partial charge is 0.497 e. The fraction of sp³-hybridized carbons (Fsp3) is 0.476.